The van der Waals surface area contributed by atoms with Crippen molar-refractivity contribution >= 4 is 6.21 Å². The van der Waals surface area contributed by atoms with Crippen LogP contribution in [0.15, 0.2) is 23.3 Å². The number of ether oxygens (including phenoxy) is 2. The topological polar surface area (TPSA) is 42.8 Å². The van der Waals surface area contributed by atoms with Crippen molar-refractivity contribution in [2.24, 2.45) is 5.10 Å². The van der Waals surface area contributed by atoms with Gasteiger partial charge in [-0.15, -0.1) is 0 Å². The standard InChI is InChI=1S/C15H24N2O2/c1-4-6-7-10-19-14-9-8-13(12-17-16-3)11-15(14)18-5-2/h8-9,11-12,16H,4-7,10H2,1-3H3/b17-12+. The monoisotopic (exact) mass is 264 g/mol. The second-order valence-corrected chi connectivity index (χ2v) is 4.18. The molecule has 0 aliphatic rings. The van der Waals surface area contributed by atoms with Crippen LogP contribution in [0.1, 0.15) is 38.7 Å². The van der Waals surface area contributed by atoms with E-state index in [0.29, 0.717) is 6.61 Å². The Morgan fingerprint density at radius 2 is 2.00 bits per heavy atom. The normalized spacial score (nSPS) is 10.7. The average molecular weight is 264 g/mol. The fraction of sp³-hybridized carbons (Fsp3) is 0.533. The number of nitrogens with zero attached hydrogens (tertiary/aromatic N) is 1. The van der Waals surface area contributed by atoms with Crippen molar-refractivity contribution in [1.82, 2.24) is 5.43 Å². The molecule has 0 spiro atoms. The third-order valence-corrected chi connectivity index (χ3v) is 2.62. The van der Waals surface area contributed by atoms with Crippen LogP contribution in [0, 0.1) is 0 Å². The molecule has 1 aromatic rings. The number of benzene rings is 1. The minimum absolute atomic E-state index is 0.623. The van der Waals surface area contributed by atoms with E-state index in [1.807, 2.05) is 25.1 Å². The summed E-state index contributed by atoms with van der Waals surface area (Å²) in [7, 11) is 1.77. The molecule has 0 atom stereocenters. The molecule has 1 rings (SSSR count). The van der Waals surface area contributed by atoms with Gasteiger partial charge in [0.05, 0.1) is 19.4 Å². The first-order chi connectivity index (χ1) is 9.31. The Labute approximate surface area is 115 Å². The molecule has 1 N–H and O–H groups in total. The number of rotatable bonds is 9. The highest BCUT2D eigenvalue weighted by molar-refractivity contribution is 5.80. The maximum atomic E-state index is 5.77. The van der Waals surface area contributed by atoms with E-state index in [9.17, 15) is 0 Å². The summed E-state index contributed by atoms with van der Waals surface area (Å²) in [6.07, 6.45) is 5.21. The first kappa shape index (κ1) is 15.3. The molecule has 0 bridgehead atoms. The SMILES string of the molecule is CCCCCOc1ccc(/C=N/NC)cc1OCC. The summed E-state index contributed by atoms with van der Waals surface area (Å²) in [4.78, 5) is 0. The fourth-order valence-corrected chi connectivity index (χ4v) is 1.67. The van der Waals surface area contributed by atoms with Gasteiger partial charge in [-0.3, -0.25) is 0 Å². The van der Waals surface area contributed by atoms with Gasteiger partial charge in [-0.1, -0.05) is 19.8 Å². The molecule has 0 aliphatic heterocycles. The highest BCUT2D eigenvalue weighted by Gasteiger charge is 2.05. The summed E-state index contributed by atoms with van der Waals surface area (Å²) >= 11 is 0. The second kappa shape index (κ2) is 9.25. The highest BCUT2D eigenvalue weighted by atomic mass is 16.5. The zero-order chi connectivity index (χ0) is 13.9. The number of nitrogens with one attached hydrogen (secondary N) is 1. The molecule has 0 amide bonds. The molecule has 0 radical (unpaired) electrons. The molecule has 19 heavy (non-hydrogen) atoms. The Morgan fingerprint density at radius 3 is 2.68 bits per heavy atom. The maximum Gasteiger partial charge on any atom is 0.161 e. The van der Waals surface area contributed by atoms with Crippen LogP contribution in [0.2, 0.25) is 0 Å². The molecule has 0 saturated heterocycles. The molecule has 4 nitrogen and oxygen atoms in total. The van der Waals surface area contributed by atoms with Crippen molar-refractivity contribution in [2.75, 3.05) is 20.3 Å². The van der Waals surface area contributed by atoms with Crippen LogP contribution in [-0.4, -0.2) is 26.5 Å². The van der Waals surface area contributed by atoms with Gasteiger partial charge in [0.2, 0.25) is 0 Å². The van der Waals surface area contributed by atoms with Crippen LogP contribution in [-0.2, 0) is 0 Å². The van der Waals surface area contributed by atoms with Crippen molar-refractivity contribution in [1.29, 1.82) is 0 Å². The Morgan fingerprint density at radius 1 is 1.16 bits per heavy atom. The smallest absolute Gasteiger partial charge is 0.161 e. The molecule has 0 heterocycles. The highest BCUT2D eigenvalue weighted by Crippen LogP contribution is 2.28. The molecule has 106 valence electrons. The van der Waals surface area contributed by atoms with Gasteiger partial charge in [-0.2, -0.15) is 5.10 Å². The fourth-order valence-electron chi connectivity index (χ4n) is 1.67. The summed E-state index contributed by atoms with van der Waals surface area (Å²) < 4.78 is 11.4. The molecule has 0 fully saturated rings. The molecule has 1 aromatic carbocycles. The van der Waals surface area contributed by atoms with Gasteiger partial charge >= 0.3 is 0 Å². The van der Waals surface area contributed by atoms with E-state index in [1.165, 1.54) is 12.8 Å². The van der Waals surface area contributed by atoms with Crippen LogP contribution in [0.5, 0.6) is 11.5 Å². The Bertz CT molecular complexity index is 392. The number of hydrogen-bond donors (Lipinski definition) is 1. The van der Waals surface area contributed by atoms with Crippen LogP contribution in [0.3, 0.4) is 0 Å². The third-order valence-electron chi connectivity index (χ3n) is 2.62. The lowest BCUT2D eigenvalue weighted by molar-refractivity contribution is 0.271. The Hall–Kier alpha value is -1.71. The van der Waals surface area contributed by atoms with Crippen LogP contribution in [0.25, 0.3) is 0 Å². The van der Waals surface area contributed by atoms with Crippen molar-refractivity contribution in [3.05, 3.63) is 23.8 Å². The predicted molar refractivity (Wildman–Crippen MR) is 79.3 cm³/mol. The number of unbranched alkanes of at least 4 members (excludes halogenated alkanes) is 2. The number of hydrazone groups is 1. The third kappa shape index (κ3) is 5.64. The lowest BCUT2D eigenvalue weighted by Crippen LogP contribution is -2.02. The molecule has 0 saturated carbocycles. The largest absolute Gasteiger partial charge is 0.490 e. The minimum Gasteiger partial charge on any atom is -0.490 e. The van der Waals surface area contributed by atoms with Gasteiger partial charge in [0, 0.05) is 7.05 Å². The molecule has 0 aromatic heterocycles. The molecular formula is C15H24N2O2. The predicted octanol–water partition coefficient (Wildman–Crippen LogP) is 3.21. The van der Waals surface area contributed by atoms with Gasteiger partial charge in [-0.05, 0) is 37.1 Å². The lowest BCUT2D eigenvalue weighted by atomic mass is 10.2. The first-order valence-corrected chi connectivity index (χ1v) is 6.91. The van der Waals surface area contributed by atoms with Crippen molar-refractivity contribution in [3.8, 4) is 11.5 Å². The van der Waals surface area contributed by atoms with E-state index >= 15 is 0 Å². The average Bonchev–Trinajstić information content (AvgIpc) is 2.43. The Balaban J connectivity index is 2.70. The summed E-state index contributed by atoms with van der Waals surface area (Å²) in [6, 6.07) is 5.85. The second-order valence-electron chi connectivity index (χ2n) is 4.18. The quantitative estimate of drug-likeness (QED) is 0.423. The van der Waals surface area contributed by atoms with Crippen LogP contribution >= 0.6 is 0 Å². The van der Waals surface area contributed by atoms with Gasteiger partial charge < -0.3 is 14.9 Å². The van der Waals surface area contributed by atoms with Crippen molar-refractivity contribution in [2.45, 2.75) is 33.1 Å². The molecular weight excluding hydrogens is 240 g/mol. The summed E-state index contributed by atoms with van der Waals surface area (Å²) in [5.74, 6) is 1.58. The van der Waals surface area contributed by atoms with E-state index in [1.54, 1.807) is 13.3 Å². The maximum absolute atomic E-state index is 5.77. The Kier molecular flexibility index (Phi) is 7.47. The van der Waals surface area contributed by atoms with Crippen molar-refractivity contribution in [3.63, 3.8) is 0 Å². The van der Waals surface area contributed by atoms with Crippen LogP contribution in [0.4, 0.5) is 0 Å². The molecule has 0 aliphatic carbocycles. The summed E-state index contributed by atoms with van der Waals surface area (Å²) in [6.45, 7) is 5.51. The molecule has 0 unspecified atom stereocenters. The zero-order valence-corrected chi connectivity index (χ0v) is 12.1. The van der Waals surface area contributed by atoms with E-state index < -0.39 is 0 Å². The van der Waals surface area contributed by atoms with E-state index in [-0.39, 0.29) is 0 Å². The van der Waals surface area contributed by atoms with Crippen LogP contribution < -0.4 is 14.9 Å². The van der Waals surface area contributed by atoms with Gasteiger partial charge in [0.15, 0.2) is 11.5 Å². The van der Waals surface area contributed by atoms with Crippen molar-refractivity contribution < 1.29 is 9.47 Å². The van der Waals surface area contributed by atoms with E-state index in [2.05, 4.69) is 17.5 Å². The van der Waals surface area contributed by atoms with Gasteiger partial charge in [0.1, 0.15) is 0 Å². The summed E-state index contributed by atoms with van der Waals surface area (Å²) in [5.41, 5.74) is 3.71. The van der Waals surface area contributed by atoms with Gasteiger partial charge in [0.25, 0.3) is 0 Å². The molecule has 4 heteroatoms. The minimum atomic E-state index is 0.623. The zero-order valence-electron chi connectivity index (χ0n) is 12.1. The first-order valence-electron chi connectivity index (χ1n) is 6.91. The van der Waals surface area contributed by atoms with E-state index in [4.69, 9.17) is 9.47 Å². The van der Waals surface area contributed by atoms with E-state index in [0.717, 1.165) is 30.1 Å². The number of hydrogen-bond acceptors (Lipinski definition) is 4. The summed E-state index contributed by atoms with van der Waals surface area (Å²) in [5, 5.41) is 3.99. The lowest BCUT2D eigenvalue weighted by Gasteiger charge is -2.12. The van der Waals surface area contributed by atoms with Gasteiger partial charge in [-0.25, -0.2) is 0 Å².